The molecule has 0 fully saturated rings. The van der Waals surface area contributed by atoms with E-state index in [2.05, 4.69) is 21.1 Å². The van der Waals surface area contributed by atoms with Gasteiger partial charge in [0.15, 0.2) is 6.61 Å². The molecule has 1 amide bonds. The highest BCUT2D eigenvalue weighted by Gasteiger charge is 2.08. The number of hydrogen-bond acceptors (Lipinski definition) is 4. The molecule has 3 aromatic carbocycles. The first-order valence-corrected chi connectivity index (χ1v) is 9.21. The molecule has 146 valence electrons. The maximum atomic E-state index is 12.1. The van der Waals surface area contributed by atoms with Crippen molar-refractivity contribution in [3.63, 3.8) is 0 Å². The summed E-state index contributed by atoms with van der Waals surface area (Å²) < 4.78 is 10.3. The summed E-state index contributed by atoms with van der Waals surface area (Å²) >= 11 is 0. The molecule has 6 nitrogen and oxygen atoms in total. The average Bonchev–Trinajstić information content (AvgIpc) is 3.14. The number of H-pyrrole nitrogens is 1. The second kappa shape index (κ2) is 8.06. The Hall–Kier alpha value is -3.80. The van der Waals surface area contributed by atoms with Crippen LogP contribution in [0.3, 0.4) is 0 Å². The fraction of sp³-hybridized carbons (Fsp3) is 0.130. The lowest BCUT2D eigenvalue weighted by Gasteiger charge is -2.08. The molecule has 0 bridgehead atoms. The van der Waals surface area contributed by atoms with Gasteiger partial charge in [-0.05, 0) is 35.9 Å². The number of ether oxygens (including phenoxy) is 2. The van der Waals surface area contributed by atoms with E-state index in [1.54, 1.807) is 24.3 Å². The van der Waals surface area contributed by atoms with Gasteiger partial charge in [0.2, 0.25) is 0 Å². The number of benzene rings is 3. The Balaban J connectivity index is 1.33. The number of nitrogens with one attached hydrogen (secondary N) is 2. The van der Waals surface area contributed by atoms with Crippen LogP contribution in [0, 0.1) is 0 Å². The number of para-hydroxylation sites is 1. The molecular formula is C23H20N2O4. The van der Waals surface area contributed by atoms with Crippen LogP contribution < -0.4 is 10.1 Å². The number of hydrogen-bond donors (Lipinski definition) is 2. The lowest BCUT2D eigenvalue weighted by molar-refractivity contribution is -0.123. The zero-order valence-corrected chi connectivity index (χ0v) is 15.9. The number of fused-ring (bicyclic) bond motifs is 3. The smallest absolute Gasteiger partial charge is 0.337 e. The van der Waals surface area contributed by atoms with E-state index in [1.165, 1.54) is 7.11 Å². The number of aromatic amines is 1. The first-order chi connectivity index (χ1) is 14.1. The number of esters is 1. The zero-order valence-electron chi connectivity index (χ0n) is 15.9. The van der Waals surface area contributed by atoms with Gasteiger partial charge in [-0.15, -0.1) is 0 Å². The van der Waals surface area contributed by atoms with Crippen LogP contribution in [0.2, 0.25) is 0 Å². The fourth-order valence-electron chi connectivity index (χ4n) is 3.20. The van der Waals surface area contributed by atoms with Crippen LogP contribution in [0.25, 0.3) is 21.8 Å². The number of carbonyl (C=O) groups excluding carboxylic acids is 2. The van der Waals surface area contributed by atoms with Gasteiger partial charge in [-0.3, -0.25) is 4.79 Å². The molecule has 6 heteroatoms. The van der Waals surface area contributed by atoms with Gasteiger partial charge in [0.25, 0.3) is 5.91 Å². The number of methoxy groups -OCH3 is 1. The second-order valence-electron chi connectivity index (χ2n) is 6.63. The summed E-state index contributed by atoms with van der Waals surface area (Å²) in [5, 5.41) is 5.08. The highest BCUT2D eigenvalue weighted by atomic mass is 16.5. The first kappa shape index (κ1) is 18.6. The minimum Gasteiger partial charge on any atom is -0.484 e. The van der Waals surface area contributed by atoms with Gasteiger partial charge >= 0.3 is 5.97 Å². The quantitative estimate of drug-likeness (QED) is 0.492. The number of carbonyl (C=O) groups is 2. The van der Waals surface area contributed by atoms with E-state index in [4.69, 9.17) is 4.74 Å². The van der Waals surface area contributed by atoms with E-state index in [-0.39, 0.29) is 18.5 Å². The van der Waals surface area contributed by atoms with Crippen molar-refractivity contribution in [1.82, 2.24) is 10.3 Å². The maximum Gasteiger partial charge on any atom is 0.337 e. The third-order valence-electron chi connectivity index (χ3n) is 4.71. The lowest BCUT2D eigenvalue weighted by atomic mass is 10.1. The normalized spacial score (nSPS) is 10.8. The highest BCUT2D eigenvalue weighted by Crippen LogP contribution is 2.28. The van der Waals surface area contributed by atoms with Crippen LogP contribution in [0.1, 0.15) is 15.9 Å². The molecule has 4 aromatic rings. The maximum absolute atomic E-state index is 12.1. The minimum absolute atomic E-state index is 0.0774. The summed E-state index contributed by atoms with van der Waals surface area (Å²) in [5.41, 5.74) is 3.38. The molecule has 29 heavy (non-hydrogen) atoms. The SMILES string of the molecule is COC(=O)c1ccc(CNC(=O)COc2ccc3c(c2)[nH]c2ccccc23)cc1. The molecule has 0 saturated carbocycles. The standard InChI is InChI=1S/C23H20N2O4/c1-28-23(27)16-8-6-15(7-9-16)13-24-22(26)14-29-17-10-11-19-18-4-2-3-5-20(18)25-21(19)12-17/h2-12,25H,13-14H2,1H3,(H,24,26). The molecular weight excluding hydrogens is 368 g/mol. The van der Waals surface area contributed by atoms with Crippen LogP contribution >= 0.6 is 0 Å². The molecule has 0 aliphatic carbocycles. The third-order valence-corrected chi connectivity index (χ3v) is 4.71. The third kappa shape index (κ3) is 4.06. The van der Waals surface area contributed by atoms with E-state index in [1.807, 2.05) is 36.4 Å². The van der Waals surface area contributed by atoms with Gasteiger partial charge in [-0.2, -0.15) is 0 Å². The van der Waals surface area contributed by atoms with Crippen LogP contribution in [-0.2, 0) is 16.1 Å². The van der Waals surface area contributed by atoms with Gasteiger partial charge in [0.05, 0.1) is 18.2 Å². The fourth-order valence-corrected chi connectivity index (χ4v) is 3.20. The Bertz CT molecular complexity index is 1180. The molecule has 0 aliphatic heterocycles. The van der Waals surface area contributed by atoms with E-state index in [0.717, 1.165) is 27.4 Å². The Labute approximate surface area is 167 Å². The number of amides is 1. The molecule has 1 heterocycles. The average molecular weight is 388 g/mol. The van der Waals surface area contributed by atoms with Crippen molar-refractivity contribution < 1.29 is 19.1 Å². The minimum atomic E-state index is -0.388. The summed E-state index contributed by atoms with van der Waals surface area (Å²) in [6.45, 7) is 0.274. The van der Waals surface area contributed by atoms with Crippen LogP contribution in [0.5, 0.6) is 5.75 Å². The van der Waals surface area contributed by atoms with Gasteiger partial charge in [0, 0.05) is 28.9 Å². The summed E-state index contributed by atoms with van der Waals surface area (Å²) in [7, 11) is 1.34. The molecule has 0 unspecified atom stereocenters. The van der Waals surface area contributed by atoms with Crippen molar-refractivity contribution in [1.29, 1.82) is 0 Å². The van der Waals surface area contributed by atoms with Gasteiger partial charge in [0.1, 0.15) is 5.75 Å². The topological polar surface area (TPSA) is 80.4 Å². The molecule has 0 atom stereocenters. The van der Waals surface area contributed by atoms with Crippen molar-refractivity contribution in [3.8, 4) is 5.75 Å². The number of rotatable bonds is 6. The Kier molecular flexibility index (Phi) is 5.16. The van der Waals surface area contributed by atoms with Gasteiger partial charge in [-0.1, -0.05) is 30.3 Å². The van der Waals surface area contributed by atoms with Crippen molar-refractivity contribution in [2.24, 2.45) is 0 Å². The van der Waals surface area contributed by atoms with Crippen molar-refractivity contribution >= 4 is 33.7 Å². The molecule has 4 rings (SSSR count). The van der Waals surface area contributed by atoms with Crippen molar-refractivity contribution in [2.75, 3.05) is 13.7 Å². The largest absolute Gasteiger partial charge is 0.484 e. The molecule has 0 radical (unpaired) electrons. The van der Waals surface area contributed by atoms with Crippen LogP contribution in [0.15, 0.2) is 66.7 Å². The first-order valence-electron chi connectivity index (χ1n) is 9.21. The van der Waals surface area contributed by atoms with E-state index >= 15 is 0 Å². The molecule has 0 saturated heterocycles. The zero-order chi connectivity index (χ0) is 20.2. The van der Waals surface area contributed by atoms with E-state index in [9.17, 15) is 9.59 Å². The summed E-state index contributed by atoms with van der Waals surface area (Å²) in [5.74, 6) is 0.0151. The summed E-state index contributed by atoms with van der Waals surface area (Å²) in [6.07, 6.45) is 0. The van der Waals surface area contributed by atoms with Gasteiger partial charge in [-0.25, -0.2) is 4.79 Å². The lowest BCUT2D eigenvalue weighted by Crippen LogP contribution is -2.28. The molecule has 1 aromatic heterocycles. The van der Waals surface area contributed by atoms with Crippen LogP contribution in [0.4, 0.5) is 0 Å². The Morgan fingerprint density at radius 1 is 0.931 bits per heavy atom. The predicted molar refractivity (Wildman–Crippen MR) is 111 cm³/mol. The van der Waals surface area contributed by atoms with Crippen molar-refractivity contribution in [3.05, 3.63) is 77.9 Å². The van der Waals surface area contributed by atoms with Gasteiger partial charge < -0.3 is 19.8 Å². The second-order valence-corrected chi connectivity index (χ2v) is 6.63. The Morgan fingerprint density at radius 2 is 1.69 bits per heavy atom. The predicted octanol–water partition coefficient (Wildman–Crippen LogP) is 3.80. The summed E-state index contributed by atoms with van der Waals surface area (Å²) in [4.78, 5) is 26.9. The van der Waals surface area contributed by atoms with Crippen molar-refractivity contribution in [2.45, 2.75) is 6.54 Å². The number of aromatic nitrogens is 1. The van der Waals surface area contributed by atoms with E-state index < -0.39 is 0 Å². The highest BCUT2D eigenvalue weighted by molar-refractivity contribution is 6.07. The van der Waals surface area contributed by atoms with Crippen LogP contribution in [-0.4, -0.2) is 30.6 Å². The summed E-state index contributed by atoms with van der Waals surface area (Å²) in [6, 6.07) is 20.7. The molecule has 0 spiro atoms. The molecule has 2 N–H and O–H groups in total. The van der Waals surface area contributed by atoms with E-state index in [0.29, 0.717) is 17.9 Å². The Morgan fingerprint density at radius 3 is 2.48 bits per heavy atom. The monoisotopic (exact) mass is 388 g/mol. The molecule has 0 aliphatic rings.